The van der Waals surface area contributed by atoms with Crippen molar-refractivity contribution >= 4 is 26.3 Å². The van der Waals surface area contributed by atoms with Crippen LogP contribution in [0.4, 0.5) is 16.2 Å². The third-order valence-corrected chi connectivity index (χ3v) is 2.51. The van der Waals surface area contributed by atoms with E-state index in [1.807, 2.05) is 60.7 Å². The molecule has 1 atom stereocenters. The second kappa shape index (κ2) is 4.91. The predicted molar refractivity (Wildman–Crippen MR) is 70.1 cm³/mol. The van der Waals surface area contributed by atoms with Gasteiger partial charge in [-0.1, -0.05) is 36.4 Å². The number of hydrogen-bond acceptors (Lipinski definition) is 1. The molecule has 0 aliphatic heterocycles. The Bertz CT molecular complexity index is 430. The lowest BCUT2D eigenvalue weighted by atomic mass is 10.2. The van der Waals surface area contributed by atoms with Gasteiger partial charge in [0, 0.05) is 11.4 Å². The summed E-state index contributed by atoms with van der Waals surface area (Å²) in [6.45, 7) is 0. The first-order chi connectivity index (χ1) is 7.79. The summed E-state index contributed by atoms with van der Waals surface area (Å²) in [4.78, 5) is 13.3. The van der Waals surface area contributed by atoms with E-state index in [4.69, 9.17) is 0 Å². The fourth-order valence-corrected chi connectivity index (χ4v) is 1.86. The molecule has 0 bridgehead atoms. The van der Waals surface area contributed by atoms with Crippen molar-refractivity contribution in [2.75, 3.05) is 4.90 Å². The summed E-state index contributed by atoms with van der Waals surface area (Å²) in [5, 5.41) is 0. The summed E-state index contributed by atoms with van der Waals surface area (Å²) in [6.07, 6.45) is 0. The highest BCUT2D eigenvalue weighted by Gasteiger charge is 2.12. The van der Waals surface area contributed by atoms with Crippen LogP contribution in [-0.4, -0.2) is 5.65 Å². The van der Waals surface area contributed by atoms with Crippen molar-refractivity contribution in [3.05, 3.63) is 60.7 Å². The average molecular weight is 229 g/mol. The SMILES string of the molecule is O=C(P)N(c1ccccc1)c1ccccc1. The smallest absolute Gasteiger partial charge is 0.246 e. The first-order valence-corrected chi connectivity index (χ1v) is 5.56. The fraction of sp³-hybridized carbons (Fsp3) is 0. The minimum absolute atomic E-state index is 0.0719. The Labute approximate surface area is 97.1 Å². The van der Waals surface area contributed by atoms with Crippen LogP contribution in [0.1, 0.15) is 0 Å². The summed E-state index contributed by atoms with van der Waals surface area (Å²) in [5.41, 5.74) is 1.67. The second-order valence-electron chi connectivity index (χ2n) is 3.34. The first kappa shape index (κ1) is 10.8. The zero-order chi connectivity index (χ0) is 11.4. The maximum atomic E-state index is 11.6. The molecular formula is C13H12NOP. The van der Waals surface area contributed by atoms with E-state index in [1.165, 1.54) is 0 Å². The molecule has 0 aromatic heterocycles. The Morgan fingerprint density at radius 1 is 0.812 bits per heavy atom. The maximum Gasteiger partial charge on any atom is 0.246 e. The molecule has 0 aliphatic carbocycles. The Hall–Kier alpha value is -1.66. The molecule has 3 heteroatoms. The average Bonchev–Trinajstić information content (AvgIpc) is 2.31. The molecule has 2 nitrogen and oxygen atoms in total. The lowest BCUT2D eigenvalue weighted by Gasteiger charge is -2.20. The zero-order valence-electron chi connectivity index (χ0n) is 8.71. The van der Waals surface area contributed by atoms with Gasteiger partial charge in [-0.15, -0.1) is 0 Å². The number of carbonyl (C=O) groups excluding carboxylic acids is 1. The molecular weight excluding hydrogens is 217 g/mol. The Morgan fingerprint density at radius 2 is 1.19 bits per heavy atom. The van der Waals surface area contributed by atoms with E-state index in [0.29, 0.717) is 0 Å². The Kier molecular flexibility index (Phi) is 3.33. The van der Waals surface area contributed by atoms with Gasteiger partial charge < -0.3 is 0 Å². The van der Waals surface area contributed by atoms with Gasteiger partial charge in [0.1, 0.15) is 0 Å². The molecule has 0 saturated heterocycles. The van der Waals surface area contributed by atoms with E-state index in [0.717, 1.165) is 11.4 Å². The molecule has 2 aromatic rings. The number of hydrogen-bond donors (Lipinski definition) is 0. The monoisotopic (exact) mass is 229 g/mol. The van der Waals surface area contributed by atoms with Gasteiger partial charge >= 0.3 is 0 Å². The standard InChI is InChI=1S/C13H12NOP/c15-13(16)14(11-7-3-1-4-8-11)12-9-5-2-6-10-12/h1-10H,16H2. The molecule has 2 rings (SSSR count). The highest BCUT2D eigenvalue weighted by Crippen LogP contribution is 2.26. The number of anilines is 2. The normalized spacial score (nSPS) is 9.81. The van der Waals surface area contributed by atoms with Crippen LogP contribution in [-0.2, 0) is 0 Å². The summed E-state index contributed by atoms with van der Waals surface area (Å²) in [6, 6.07) is 19.2. The first-order valence-electron chi connectivity index (χ1n) is 4.98. The van der Waals surface area contributed by atoms with E-state index in [1.54, 1.807) is 4.90 Å². The molecule has 2 aromatic carbocycles. The van der Waals surface area contributed by atoms with Crippen LogP contribution in [0, 0.1) is 0 Å². The van der Waals surface area contributed by atoms with Gasteiger partial charge in [-0.05, 0) is 33.5 Å². The van der Waals surface area contributed by atoms with Crippen molar-refractivity contribution in [1.82, 2.24) is 0 Å². The number of amides is 1. The fourth-order valence-electron chi connectivity index (χ4n) is 1.56. The molecule has 0 aliphatic rings. The third kappa shape index (κ3) is 2.29. The van der Waals surface area contributed by atoms with Gasteiger partial charge in [0.2, 0.25) is 5.65 Å². The van der Waals surface area contributed by atoms with Gasteiger partial charge in [-0.25, -0.2) is 0 Å². The van der Waals surface area contributed by atoms with Crippen molar-refractivity contribution in [2.45, 2.75) is 0 Å². The lowest BCUT2D eigenvalue weighted by Crippen LogP contribution is -2.18. The molecule has 1 amide bonds. The molecule has 1 unspecified atom stereocenters. The van der Waals surface area contributed by atoms with Crippen LogP contribution < -0.4 is 4.90 Å². The van der Waals surface area contributed by atoms with Crippen molar-refractivity contribution in [2.24, 2.45) is 0 Å². The maximum absolute atomic E-state index is 11.6. The van der Waals surface area contributed by atoms with Crippen LogP contribution in [0.25, 0.3) is 0 Å². The highest BCUT2D eigenvalue weighted by molar-refractivity contribution is 7.40. The lowest BCUT2D eigenvalue weighted by molar-refractivity contribution is 0.267. The summed E-state index contributed by atoms with van der Waals surface area (Å²) >= 11 is 0. The number of rotatable bonds is 2. The molecule has 0 heterocycles. The minimum Gasteiger partial charge on any atom is -0.278 e. The van der Waals surface area contributed by atoms with E-state index >= 15 is 0 Å². The van der Waals surface area contributed by atoms with E-state index in [-0.39, 0.29) is 5.65 Å². The van der Waals surface area contributed by atoms with E-state index in [9.17, 15) is 4.79 Å². The van der Waals surface area contributed by atoms with Crippen molar-refractivity contribution in [1.29, 1.82) is 0 Å². The van der Waals surface area contributed by atoms with Crippen molar-refractivity contribution in [3.63, 3.8) is 0 Å². The van der Waals surface area contributed by atoms with Gasteiger partial charge in [-0.2, -0.15) is 0 Å². The predicted octanol–water partition coefficient (Wildman–Crippen LogP) is 3.82. The number of carbonyl (C=O) groups is 1. The minimum atomic E-state index is -0.0719. The van der Waals surface area contributed by atoms with Gasteiger partial charge in [-0.3, -0.25) is 9.69 Å². The molecule has 0 radical (unpaired) electrons. The van der Waals surface area contributed by atoms with Gasteiger partial charge in [0.05, 0.1) is 0 Å². The van der Waals surface area contributed by atoms with Crippen LogP contribution in [0.2, 0.25) is 0 Å². The van der Waals surface area contributed by atoms with Crippen LogP contribution >= 0.6 is 9.24 Å². The number of para-hydroxylation sites is 2. The van der Waals surface area contributed by atoms with Gasteiger partial charge in [0.15, 0.2) is 0 Å². The zero-order valence-corrected chi connectivity index (χ0v) is 9.86. The van der Waals surface area contributed by atoms with Crippen molar-refractivity contribution in [3.8, 4) is 0 Å². The topological polar surface area (TPSA) is 20.3 Å². The largest absolute Gasteiger partial charge is 0.278 e. The van der Waals surface area contributed by atoms with E-state index in [2.05, 4.69) is 9.24 Å². The van der Waals surface area contributed by atoms with E-state index < -0.39 is 0 Å². The van der Waals surface area contributed by atoms with Gasteiger partial charge in [0.25, 0.3) is 0 Å². The Morgan fingerprint density at radius 3 is 1.50 bits per heavy atom. The van der Waals surface area contributed by atoms with Crippen LogP contribution in [0.3, 0.4) is 0 Å². The summed E-state index contributed by atoms with van der Waals surface area (Å²) < 4.78 is 0. The third-order valence-electron chi connectivity index (χ3n) is 2.25. The quantitative estimate of drug-likeness (QED) is 0.717. The van der Waals surface area contributed by atoms with Crippen LogP contribution in [0.5, 0.6) is 0 Å². The van der Waals surface area contributed by atoms with Crippen LogP contribution in [0.15, 0.2) is 60.7 Å². The summed E-state index contributed by atoms with van der Waals surface area (Å²) in [5.74, 6) is 0. The summed E-state index contributed by atoms with van der Waals surface area (Å²) in [7, 11) is 2.21. The molecule has 0 saturated carbocycles. The van der Waals surface area contributed by atoms with Crippen molar-refractivity contribution < 1.29 is 4.79 Å². The molecule has 0 spiro atoms. The molecule has 16 heavy (non-hydrogen) atoms. The number of nitrogens with zero attached hydrogens (tertiary/aromatic N) is 1. The molecule has 80 valence electrons. The number of benzene rings is 2. The molecule has 0 N–H and O–H groups in total. The second-order valence-corrected chi connectivity index (χ2v) is 3.84. The molecule has 0 fully saturated rings. The Balaban J connectivity index is 2.44. The highest BCUT2D eigenvalue weighted by atomic mass is 31.0.